The molecule has 0 atom stereocenters. The van der Waals surface area contributed by atoms with Crippen molar-refractivity contribution in [1.82, 2.24) is 19.2 Å². The van der Waals surface area contributed by atoms with Gasteiger partial charge >= 0.3 is 5.69 Å². The van der Waals surface area contributed by atoms with Gasteiger partial charge in [0.05, 0.1) is 10.2 Å². The smallest absolute Gasteiger partial charge is 0.352 e. The molecule has 0 unspecified atom stereocenters. The Hall–Kier alpha value is -3.40. The van der Waals surface area contributed by atoms with Crippen molar-refractivity contribution in [3.8, 4) is 11.5 Å². The summed E-state index contributed by atoms with van der Waals surface area (Å²) < 4.78 is 13.8. The monoisotopic (exact) mass is 369 g/mol. The molecule has 0 bridgehead atoms. The minimum Gasteiger partial charge on any atom is -0.454 e. The van der Waals surface area contributed by atoms with Crippen LogP contribution in [0.25, 0.3) is 15.9 Å². The average Bonchev–Trinajstić information content (AvgIpc) is 3.34. The third-order valence-corrected chi connectivity index (χ3v) is 4.88. The van der Waals surface area contributed by atoms with Crippen LogP contribution in [0.5, 0.6) is 11.5 Å². The maximum atomic E-state index is 12.4. The van der Waals surface area contributed by atoms with E-state index in [4.69, 9.17) is 9.47 Å². The fourth-order valence-corrected chi connectivity index (χ4v) is 3.60. The molecule has 3 aromatic heterocycles. The number of carbonyl (C=O) groups is 1. The van der Waals surface area contributed by atoms with Gasteiger partial charge < -0.3 is 14.8 Å². The van der Waals surface area contributed by atoms with Crippen LogP contribution in [0, 0.1) is 0 Å². The molecule has 0 spiro atoms. The highest BCUT2D eigenvalue weighted by Crippen LogP contribution is 2.34. The van der Waals surface area contributed by atoms with Crippen molar-refractivity contribution in [1.29, 1.82) is 0 Å². The number of fused-ring (bicyclic) bond motifs is 4. The molecular formula is C16H11N5O4S. The maximum absolute atomic E-state index is 12.4. The Morgan fingerprint density at radius 3 is 3.08 bits per heavy atom. The topological polar surface area (TPSA) is 99.8 Å². The zero-order valence-corrected chi connectivity index (χ0v) is 14.0. The van der Waals surface area contributed by atoms with E-state index in [-0.39, 0.29) is 19.2 Å². The van der Waals surface area contributed by atoms with Crippen molar-refractivity contribution >= 4 is 38.8 Å². The van der Waals surface area contributed by atoms with Gasteiger partial charge in [-0.25, -0.2) is 18.9 Å². The zero-order chi connectivity index (χ0) is 17.7. The molecule has 0 saturated carbocycles. The van der Waals surface area contributed by atoms with E-state index in [0.717, 1.165) is 14.9 Å². The Morgan fingerprint density at radius 1 is 1.27 bits per heavy atom. The molecule has 0 saturated heterocycles. The summed E-state index contributed by atoms with van der Waals surface area (Å²) in [4.78, 5) is 29.0. The highest BCUT2D eigenvalue weighted by molar-refractivity contribution is 7.17. The van der Waals surface area contributed by atoms with Crippen molar-refractivity contribution in [3.05, 3.63) is 46.5 Å². The molecule has 5 rings (SSSR count). The first-order chi connectivity index (χ1) is 12.7. The standard InChI is InChI=1S/C16H11N5O4S/c22-13(18-9-1-2-11-12(5-9)25-8-24-11)6-21-16(23)20-7-17-10-3-4-26-14(10)15(20)19-21/h1-5,7H,6,8H2,(H,18,22). The predicted octanol–water partition coefficient (Wildman–Crippen LogP) is 1.47. The molecule has 1 N–H and O–H groups in total. The lowest BCUT2D eigenvalue weighted by atomic mass is 10.3. The fourth-order valence-electron chi connectivity index (χ4n) is 2.78. The number of rotatable bonds is 3. The first-order valence-corrected chi connectivity index (χ1v) is 8.58. The Kier molecular flexibility index (Phi) is 3.19. The van der Waals surface area contributed by atoms with E-state index in [0.29, 0.717) is 22.8 Å². The summed E-state index contributed by atoms with van der Waals surface area (Å²) in [7, 11) is 0. The first-order valence-electron chi connectivity index (χ1n) is 7.70. The number of benzene rings is 1. The highest BCUT2D eigenvalue weighted by Gasteiger charge is 2.16. The van der Waals surface area contributed by atoms with E-state index < -0.39 is 5.69 Å². The van der Waals surface area contributed by atoms with Gasteiger partial charge in [-0.1, -0.05) is 0 Å². The third kappa shape index (κ3) is 2.30. The van der Waals surface area contributed by atoms with E-state index in [1.54, 1.807) is 18.2 Å². The lowest BCUT2D eigenvalue weighted by Gasteiger charge is -2.05. The SMILES string of the molecule is O=C(Cn1nc2c3sccc3ncn2c1=O)Nc1ccc2c(c1)OCO2. The molecule has 1 amide bonds. The second kappa shape index (κ2) is 5.56. The van der Waals surface area contributed by atoms with E-state index in [2.05, 4.69) is 15.4 Å². The van der Waals surface area contributed by atoms with E-state index in [1.165, 1.54) is 22.1 Å². The Balaban J connectivity index is 1.43. The van der Waals surface area contributed by atoms with Crippen molar-refractivity contribution in [3.63, 3.8) is 0 Å². The van der Waals surface area contributed by atoms with Gasteiger partial charge in [0.15, 0.2) is 17.1 Å². The largest absolute Gasteiger partial charge is 0.454 e. The normalized spacial score (nSPS) is 12.8. The van der Waals surface area contributed by atoms with E-state index in [1.807, 2.05) is 11.4 Å². The number of thiophene rings is 1. The second-order valence-electron chi connectivity index (χ2n) is 5.63. The van der Waals surface area contributed by atoms with E-state index >= 15 is 0 Å². The molecule has 26 heavy (non-hydrogen) atoms. The van der Waals surface area contributed by atoms with Gasteiger partial charge in [0.2, 0.25) is 12.7 Å². The fraction of sp³-hybridized carbons (Fsp3) is 0.125. The number of nitrogens with one attached hydrogen (secondary N) is 1. The van der Waals surface area contributed by atoms with Gasteiger partial charge in [-0.05, 0) is 23.6 Å². The zero-order valence-electron chi connectivity index (χ0n) is 13.2. The molecule has 1 aromatic carbocycles. The van der Waals surface area contributed by atoms with Gasteiger partial charge in [-0.15, -0.1) is 16.4 Å². The number of ether oxygens (including phenoxy) is 2. The van der Waals surface area contributed by atoms with Gasteiger partial charge in [-0.2, -0.15) is 0 Å². The van der Waals surface area contributed by atoms with Gasteiger partial charge in [0, 0.05) is 11.8 Å². The third-order valence-electron chi connectivity index (χ3n) is 3.98. The van der Waals surface area contributed by atoms with Crippen LogP contribution >= 0.6 is 11.3 Å². The molecule has 4 aromatic rings. The number of carbonyl (C=O) groups excluding carboxylic acids is 1. The molecule has 1 aliphatic heterocycles. The second-order valence-corrected chi connectivity index (χ2v) is 6.55. The lowest BCUT2D eigenvalue weighted by Crippen LogP contribution is -2.28. The van der Waals surface area contributed by atoms with Crippen LogP contribution in [-0.4, -0.2) is 31.9 Å². The van der Waals surface area contributed by atoms with Crippen LogP contribution in [0.2, 0.25) is 0 Å². The average molecular weight is 369 g/mol. The van der Waals surface area contributed by atoms with Crippen molar-refractivity contribution in [2.24, 2.45) is 0 Å². The Bertz CT molecular complexity index is 1220. The summed E-state index contributed by atoms with van der Waals surface area (Å²) in [6.07, 6.45) is 1.42. The summed E-state index contributed by atoms with van der Waals surface area (Å²) in [6.45, 7) is -0.0452. The molecule has 0 radical (unpaired) electrons. The van der Waals surface area contributed by atoms with Crippen molar-refractivity contribution < 1.29 is 14.3 Å². The highest BCUT2D eigenvalue weighted by atomic mass is 32.1. The minimum atomic E-state index is -0.413. The summed E-state index contributed by atoms with van der Waals surface area (Å²) in [5.74, 6) is 0.829. The van der Waals surface area contributed by atoms with Crippen LogP contribution in [0.1, 0.15) is 0 Å². The predicted molar refractivity (Wildman–Crippen MR) is 93.8 cm³/mol. The van der Waals surface area contributed by atoms with Gasteiger partial charge in [0.1, 0.15) is 12.9 Å². The van der Waals surface area contributed by atoms with Crippen LogP contribution < -0.4 is 20.5 Å². The first kappa shape index (κ1) is 14.9. The van der Waals surface area contributed by atoms with Gasteiger partial charge in [0.25, 0.3) is 0 Å². The molecule has 9 nitrogen and oxygen atoms in total. The molecule has 1 aliphatic rings. The number of hydrogen-bond donors (Lipinski definition) is 1. The van der Waals surface area contributed by atoms with Crippen LogP contribution in [0.3, 0.4) is 0 Å². The molecule has 10 heteroatoms. The Morgan fingerprint density at radius 2 is 2.15 bits per heavy atom. The summed E-state index contributed by atoms with van der Waals surface area (Å²) >= 11 is 1.45. The molecule has 130 valence electrons. The van der Waals surface area contributed by atoms with Crippen LogP contribution in [0.15, 0.2) is 40.8 Å². The summed E-state index contributed by atoms with van der Waals surface area (Å²) in [6, 6.07) is 6.95. The maximum Gasteiger partial charge on any atom is 0.352 e. The van der Waals surface area contributed by atoms with Crippen LogP contribution in [0.4, 0.5) is 5.69 Å². The number of nitrogens with zero attached hydrogens (tertiary/aromatic N) is 4. The molecule has 4 heterocycles. The molecular weight excluding hydrogens is 358 g/mol. The van der Waals surface area contributed by atoms with Gasteiger partial charge in [-0.3, -0.25) is 4.79 Å². The number of amides is 1. The van der Waals surface area contributed by atoms with E-state index in [9.17, 15) is 9.59 Å². The minimum absolute atomic E-state index is 0.161. The quantitative estimate of drug-likeness (QED) is 0.587. The summed E-state index contributed by atoms with van der Waals surface area (Å²) in [5, 5.41) is 8.89. The van der Waals surface area contributed by atoms with Crippen molar-refractivity contribution in [2.45, 2.75) is 6.54 Å². The molecule has 0 fully saturated rings. The number of aromatic nitrogens is 4. The Labute approximate surface area is 149 Å². The van der Waals surface area contributed by atoms with Crippen LogP contribution in [-0.2, 0) is 11.3 Å². The lowest BCUT2D eigenvalue weighted by molar-refractivity contribution is -0.117. The number of hydrogen-bond acceptors (Lipinski definition) is 7. The summed E-state index contributed by atoms with van der Waals surface area (Å²) in [5.41, 5.74) is 1.40. The van der Waals surface area contributed by atoms with Crippen molar-refractivity contribution in [2.75, 3.05) is 12.1 Å². The molecule has 0 aliphatic carbocycles. The number of anilines is 1.